The highest BCUT2D eigenvalue weighted by atomic mass is 16.8. The van der Waals surface area contributed by atoms with Crippen molar-refractivity contribution in [1.82, 2.24) is 19.7 Å². The summed E-state index contributed by atoms with van der Waals surface area (Å²) in [5.74, 6) is 1.51. The average Bonchev–Trinajstić information content (AvgIpc) is 3.13. The molecule has 1 aliphatic carbocycles. The lowest BCUT2D eigenvalue weighted by molar-refractivity contribution is -0.140. The molecule has 124 valence electrons. The number of nitrogens with one attached hydrogen (secondary N) is 1. The van der Waals surface area contributed by atoms with Gasteiger partial charge in [-0.3, -0.25) is 0 Å². The second-order valence-corrected chi connectivity index (χ2v) is 6.05. The maximum absolute atomic E-state index is 9.12. The van der Waals surface area contributed by atoms with Crippen LogP contribution in [0.25, 0.3) is 11.2 Å². The highest BCUT2D eigenvalue weighted by molar-refractivity contribution is 5.83. The van der Waals surface area contributed by atoms with Crippen molar-refractivity contribution in [1.29, 1.82) is 0 Å². The Morgan fingerprint density at radius 3 is 2.96 bits per heavy atom. The molecule has 1 aliphatic heterocycles. The van der Waals surface area contributed by atoms with Gasteiger partial charge in [0.2, 0.25) is 17.9 Å². The number of nitrogens with two attached hydrogens (primary N) is 1. The smallest absolute Gasteiger partial charge is 0.225 e. The first-order chi connectivity index (χ1) is 11.2. The molecular weight excluding hydrogens is 300 g/mol. The molecule has 0 spiro atoms. The summed E-state index contributed by atoms with van der Waals surface area (Å²) < 4.78 is 7.03. The van der Waals surface area contributed by atoms with Gasteiger partial charge in [-0.25, -0.2) is 4.98 Å². The number of aliphatic hydroxyl groups excluding tert-OH is 1. The molecule has 2 fully saturated rings. The van der Waals surface area contributed by atoms with Crippen LogP contribution < -0.4 is 15.9 Å². The fraction of sp³-hybridized carbons (Fsp3) is 0.643. The Labute approximate surface area is 132 Å². The zero-order valence-corrected chi connectivity index (χ0v) is 12.7. The SMILES string of the molecule is Nc1nc(NCC2CC2)c2ncn(O[C@@H]3CC[C@@H](CO)O3)c2n1. The van der Waals surface area contributed by atoms with Crippen LogP contribution in [0.5, 0.6) is 0 Å². The molecule has 23 heavy (non-hydrogen) atoms. The number of fused-ring (bicyclic) bond motifs is 1. The molecule has 0 unspecified atom stereocenters. The molecule has 2 aliphatic rings. The largest absolute Gasteiger partial charge is 0.394 e. The van der Waals surface area contributed by atoms with E-state index in [0.29, 0.717) is 29.3 Å². The summed E-state index contributed by atoms with van der Waals surface area (Å²) in [7, 11) is 0. The van der Waals surface area contributed by atoms with E-state index in [-0.39, 0.29) is 18.7 Å². The topological polar surface area (TPSA) is 120 Å². The molecule has 0 bridgehead atoms. The third kappa shape index (κ3) is 3.02. The lowest BCUT2D eigenvalue weighted by Gasteiger charge is -2.14. The number of anilines is 2. The van der Waals surface area contributed by atoms with Gasteiger partial charge in [-0.15, -0.1) is 4.73 Å². The van der Waals surface area contributed by atoms with Crippen molar-refractivity contribution in [2.24, 2.45) is 5.92 Å². The summed E-state index contributed by atoms with van der Waals surface area (Å²) in [6, 6.07) is 0. The van der Waals surface area contributed by atoms with Gasteiger partial charge in [-0.05, 0) is 25.2 Å². The summed E-state index contributed by atoms with van der Waals surface area (Å²) >= 11 is 0. The number of nitrogens with zero attached hydrogens (tertiary/aromatic N) is 4. The molecule has 2 atom stereocenters. The third-order valence-corrected chi connectivity index (χ3v) is 4.14. The van der Waals surface area contributed by atoms with E-state index in [0.717, 1.165) is 13.0 Å². The predicted molar refractivity (Wildman–Crippen MR) is 82.5 cm³/mol. The Morgan fingerprint density at radius 1 is 1.35 bits per heavy atom. The molecule has 4 N–H and O–H groups in total. The van der Waals surface area contributed by atoms with Crippen LogP contribution in [0.2, 0.25) is 0 Å². The van der Waals surface area contributed by atoms with Gasteiger partial charge in [0, 0.05) is 13.0 Å². The molecule has 3 heterocycles. The van der Waals surface area contributed by atoms with Crippen molar-refractivity contribution in [3.63, 3.8) is 0 Å². The van der Waals surface area contributed by atoms with Gasteiger partial charge >= 0.3 is 0 Å². The van der Waals surface area contributed by atoms with Crippen LogP contribution in [0.4, 0.5) is 11.8 Å². The van der Waals surface area contributed by atoms with Crippen LogP contribution in [0.3, 0.4) is 0 Å². The quantitative estimate of drug-likeness (QED) is 0.688. The maximum Gasteiger partial charge on any atom is 0.225 e. The molecule has 0 aromatic carbocycles. The minimum Gasteiger partial charge on any atom is -0.394 e. The molecule has 9 heteroatoms. The Kier molecular flexibility index (Phi) is 3.66. The minimum absolute atomic E-state index is 0.00507. The second-order valence-electron chi connectivity index (χ2n) is 6.05. The van der Waals surface area contributed by atoms with E-state index in [9.17, 15) is 0 Å². The number of aliphatic hydroxyl groups is 1. The van der Waals surface area contributed by atoms with Gasteiger partial charge < -0.3 is 25.7 Å². The molecule has 2 aromatic rings. The van der Waals surface area contributed by atoms with E-state index in [1.807, 2.05) is 0 Å². The lowest BCUT2D eigenvalue weighted by Crippen LogP contribution is -2.26. The van der Waals surface area contributed by atoms with Crippen LogP contribution >= 0.6 is 0 Å². The molecule has 4 rings (SSSR count). The number of nitrogen functional groups attached to an aromatic ring is 1. The summed E-state index contributed by atoms with van der Waals surface area (Å²) in [5, 5.41) is 12.4. The van der Waals surface area contributed by atoms with E-state index >= 15 is 0 Å². The van der Waals surface area contributed by atoms with E-state index in [1.165, 1.54) is 23.9 Å². The minimum atomic E-state index is -0.427. The number of aromatic nitrogens is 4. The van der Waals surface area contributed by atoms with E-state index < -0.39 is 6.29 Å². The van der Waals surface area contributed by atoms with Crippen molar-refractivity contribution in [3.8, 4) is 0 Å². The van der Waals surface area contributed by atoms with Gasteiger partial charge in [-0.1, -0.05) is 0 Å². The van der Waals surface area contributed by atoms with Crippen LogP contribution in [0.1, 0.15) is 25.7 Å². The molecule has 0 radical (unpaired) electrons. The summed E-state index contributed by atoms with van der Waals surface area (Å²) in [6.07, 6.45) is 4.90. The first kappa shape index (κ1) is 14.5. The number of ether oxygens (including phenoxy) is 1. The monoisotopic (exact) mass is 320 g/mol. The van der Waals surface area contributed by atoms with Crippen LogP contribution in [-0.2, 0) is 4.74 Å². The van der Waals surface area contributed by atoms with Crippen molar-refractivity contribution >= 4 is 22.9 Å². The van der Waals surface area contributed by atoms with Gasteiger partial charge in [0.05, 0.1) is 12.7 Å². The first-order valence-corrected chi connectivity index (χ1v) is 7.91. The first-order valence-electron chi connectivity index (χ1n) is 7.91. The molecule has 9 nitrogen and oxygen atoms in total. The van der Waals surface area contributed by atoms with Gasteiger partial charge in [0.1, 0.15) is 6.33 Å². The second kappa shape index (κ2) is 5.82. The van der Waals surface area contributed by atoms with Gasteiger partial charge in [-0.2, -0.15) is 9.97 Å². The van der Waals surface area contributed by atoms with Crippen molar-refractivity contribution in [2.45, 2.75) is 38.1 Å². The summed E-state index contributed by atoms with van der Waals surface area (Å²) in [6.45, 7) is 0.859. The molecule has 0 amide bonds. The number of hydrogen-bond donors (Lipinski definition) is 3. The zero-order valence-electron chi connectivity index (χ0n) is 12.7. The normalized spacial score (nSPS) is 24.2. The molecule has 2 aromatic heterocycles. The number of rotatable bonds is 6. The molecule has 1 saturated carbocycles. The highest BCUT2D eigenvalue weighted by Crippen LogP contribution is 2.29. The number of hydrogen-bond acceptors (Lipinski definition) is 8. The fourth-order valence-corrected chi connectivity index (χ4v) is 2.67. The Bertz CT molecular complexity index is 701. The van der Waals surface area contributed by atoms with Crippen molar-refractivity contribution in [3.05, 3.63) is 6.33 Å². The van der Waals surface area contributed by atoms with Gasteiger partial charge in [0.15, 0.2) is 11.3 Å². The molecule has 1 saturated heterocycles. The third-order valence-electron chi connectivity index (χ3n) is 4.14. The van der Waals surface area contributed by atoms with Crippen LogP contribution in [0, 0.1) is 5.92 Å². The summed E-state index contributed by atoms with van der Waals surface area (Å²) in [5.41, 5.74) is 6.93. The van der Waals surface area contributed by atoms with Crippen molar-refractivity contribution < 1.29 is 14.7 Å². The Morgan fingerprint density at radius 2 is 2.22 bits per heavy atom. The van der Waals surface area contributed by atoms with Gasteiger partial charge in [0.25, 0.3) is 0 Å². The zero-order chi connectivity index (χ0) is 15.8. The predicted octanol–water partition coefficient (Wildman–Crippen LogP) is 0.156. The van der Waals surface area contributed by atoms with E-state index in [4.69, 9.17) is 20.4 Å². The highest BCUT2D eigenvalue weighted by Gasteiger charge is 2.27. The Balaban J connectivity index is 1.55. The summed E-state index contributed by atoms with van der Waals surface area (Å²) in [4.78, 5) is 18.5. The number of imidazole rings is 1. The van der Waals surface area contributed by atoms with Crippen LogP contribution in [0.15, 0.2) is 6.33 Å². The van der Waals surface area contributed by atoms with E-state index in [1.54, 1.807) is 0 Å². The van der Waals surface area contributed by atoms with E-state index in [2.05, 4.69) is 20.3 Å². The van der Waals surface area contributed by atoms with Crippen LogP contribution in [-0.4, -0.2) is 50.3 Å². The maximum atomic E-state index is 9.12. The standard InChI is InChI=1S/C14H20N6O3/c15-14-18-12(16-5-8-1-2-8)11-13(19-14)20(7-17-11)23-10-4-3-9(6-21)22-10/h7-10,21H,1-6H2,(H3,15,16,18,19)/t9-,10+/m0/s1. The Hall–Kier alpha value is -2.13. The van der Waals surface area contributed by atoms with Crippen molar-refractivity contribution in [2.75, 3.05) is 24.2 Å². The lowest BCUT2D eigenvalue weighted by atomic mass is 10.2. The molecular formula is C14H20N6O3. The fourth-order valence-electron chi connectivity index (χ4n) is 2.67. The average molecular weight is 320 g/mol.